The predicted molar refractivity (Wildman–Crippen MR) is 82.7 cm³/mol. The first-order valence-corrected chi connectivity index (χ1v) is 7.70. The normalized spacial score (nSPS) is 20.0. The molecule has 3 rings (SSSR count). The van der Waals surface area contributed by atoms with Gasteiger partial charge in [-0.3, -0.25) is 4.90 Å². The van der Waals surface area contributed by atoms with Crippen LogP contribution in [0.15, 0.2) is 28.7 Å². The van der Waals surface area contributed by atoms with Gasteiger partial charge in [-0.25, -0.2) is 0 Å². The number of nitrogens with one attached hydrogen (secondary N) is 1. The molecule has 0 saturated carbocycles. The third kappa shape index (κ3) is 2.74. The summed E-state index contributed by atoms with van der Waals surface area (Å²) in [6.45, 7) is 9.70. The molecule has 3 heteroatoms. The van der Waals surface area contributed by atoms with E-state index in [9.17, 15) is 0 Å². The zero-order chi connectivity index (χ0) is 13.9. The lowest BCUT2D eigenvalue weighted by atomic mass is 10.1. The molecule has 1 N–H and O–H groups in total. The lowest BCUT2D eigenvalue weighted by Gasteiger charge is -2.15. The zero-order valence-corrected chi connectivity index (χ0v) is 12.5. The monoisotopic (exact) mass is 272 g/mol. The Morgan fingerprint density at radius 3 is 2.95 bits per heavy atom. The van der Waals surface area contributed by atoms with Crippen molar-refractivity contribution in [3.8, 4) is 0 Å². The van der Waals surface area contributed by atoms with Crippen molar-refractivity contribution in [2.24, 2.45) is 5.92 Å². The van der Waals surface area contributed by atoms with Crippen LogP contribution in [0.3, 0.4) is 0 Å². The fourth-order valence-electron chi connectivity index (χ4n) is 3.10. The van der Waals surface area contributed by atoms with Crippen molar-refractivity contribution in [1.29, 1.82) is 0 Å². The minimum Gasteiger partial charge on any atom is -0.459 e. The van der Waals surface area contributed by atoms with Crippen LogP contribution in [0.4, 0.5) is 0 Å². The zero-order valence-electron chi connectivity index (χ0n) is 12.5. The van der Waals surface area contributed by atoms with Crippen molar-refractivity contribution in [2.45, 2.75) is 33.4 Å². The molecule has 1 atom stereocenters. The molecule has 2 heterocycles. The highest BCUT2D eigenvalue weighted by Gasteiger charge is 2.22. The van der Waals surface area contributed by atoms with Gasteiger partial charge in [-0.2, -0.15) is 0 Å². The summed E-state index contributed by atoms with van der Waals surface area (Å²) >= 11 is 0. The number of rotatable bonds is 5. The molecule has 1 aliphatic rings. The minimum atomic E-state index is 0.823. The van der Waals surface area contributed by atoms with E-state index in [-0.39, 0.29) is 0 Å². The van der Waals surface area contributed by atoms with E-state index in [4.69, 9.17) is 4.42 Å². The highest BCUT2D eigenvalue weighted by Crippen LogP contribution is 2.28. The van der Waals surface area contributed by atoms with Gasteiger partial charge in [-0.15, -0.1) is 0 Å². The molecule has 1 aliphatic heterocycles. The van der Waals surface area contributed by atoms with E-state index in [1.165, 1.54) is 30.5 Å². The maximum Gasteiger partial charge on any atom is 0.134 e. The molecule has 1 unspecified atom stereocenters. The molecule has 0 radical (unpaired) electrons. The molecule has 1 aromatic heterocycles. The summed E-state index contributed by atoms with van der Waals surface area (Å²) in [6, 6.07) is 8.40. The highest BCUT2D eigenvalue weighted by molar-refractivity contribution is 5.82. The Kier molecular flexibility index (Phi) is 4.08. The van der Waals surface area contributed by atoms with Crippen LogP contribution in [0.5, 0.6) is 0 Å². The van der Waals surface area contributed by atoms with Crippen molar-refractivity contribution in [1.82, 2.24) is 10.2 Å². The molecule has 1 aromatic carbocycles. The average Bonchev–Trinajstić information content (AvgIpc) is 3.02. The third-order valence-electron chi connectivity index (χ3n) is 4.21. The molecule has 2 aromatic rings. The topological polar surface area (TPSA) is 28.4 Å². The lowest BCUT2D eigenvalue weighted by molar-refractivity contribution is 0.317. The van der Waals surface area contributed by atoms with Gasteiger partial charge in [0.15, 0.2) is 0 Å². The van der Waals surface area contributed by atoms with Crippen molar-refractivity contribution in [3.63, 3.8) is 0 Å². The Morgan fingerprint density at radius 2 is 2.20 bits per heavy atom. The van der Waals surface area contributed by atoms with Crippen molar-refractivity contribution < 1.29 is 4.42 Å². The van der Waals surface area contributed by atoms with Crippen LogP contribution in [0.1, 0.15) is 31.6 Å². The minimum absolute atomic E-state index is 0.823. The van der Waals surface area contributed by atoms with Gasteiger partial charge in [0.25, 0.3) is 0 Å². The van der Waals surface area contributed by atoms with Gasteiger partial charge in [-0.05, 0) is 31.5 Å². The molecular weight excluding hydrogens is 248 g/mol. The van der Waals surface area contributed by atoms with Crippen LogP contribution >= 0.6 is 0 Å². The molecule has 1 fully saturated rings. The number of hydrogen-bond donors (Lipinski definition) is 1. The first-order valence-electron chi connectivity index (χ1n) is 7.70. The number of fused-ring (bicyclic) bond motifs is 1. The predicted octanol–water partition coefficient (Wildman–Crippen LogP) is 3.38. The summed E-state index contributed by atoms with van der Waals surface area (Å²) in [4.78, 5) is 2.55. The molecule has 0 amide bonds. The van der Waals surface area contributed by atoms with Gasteiger partial charge in [0.2, 0.25) is 0 Å². The summed E-state index contributed by atoms with van der Waals surface area (Å²) in [5, 5.41) is 4.67. The van der Waals surface area contributed by atoms with E-state index in [2.05, 4.69) is 42.3 Å². The lowest BCUT2D eigenvalue weighted by Crippen LogP contribution is -2.21. The second-order valence-electron chi connectivity index (χ2n) is 5.91. The Bertz CT molecular complexity index is 575. The third-order valence-corrected chi connectivity index (χ3v) is 4.21. The molecule has 3 nitrogen and oxygen atoms in total. The Balaban J connectivity index is 1.89. The molecule has 20 heavy (non-hydrogen) atoms. The van der Waals surface area contributed by atoms with E-state index in [0.29, 0.717) is 0 Å². The van der Waals surface area contributed by atoms with Crippen molar-refractivity contribution >= 4 is 11.0 Å². The van der Waals surface area contributed by atoms with Crippen LogP contribution in [0.2, 0.25) is 0 Å². The standard InChI is InChI=1S/C17H24N2O/c1-3-18-10-17-15(12-19-9-8-13(2)11-19)14-6-4-5-7-16(14)20-17/h4-7,13,18H,3,8-12H2,1-2H3. The van der Waals surface area contributed by atoms with Gasteiger partial charge in [0.05, 0.1) is 6.54 Å². The number of furan rings is 1. The second kappa shape index (κ2) is 5.98. The van der Waals surface area contributed by atoms with Crippen LogP contribution in [-0.2, 0) is 13.1 Å². The molecule has 1 saturated heterocycles. The van der Waals surface area contributed by atoms with Gasteiger partial charge in [0, 0.05) is 24.0 Å². The molecule has 108 valence electrons. The van der Waals surface area contributed by atoms with E-state index >= 15 is 0 Å². The maximum atomic E-state index is 6.05. The van der Waals surface area contributed by atoms with Gasteiger partial charge < -0.3 is 9.73 Å². The van der Waals surface area contributed by atoms with Crippen LogP contribution in [0.25, 0.3) is 11.0 Å². The molecule has 0 spiro atoms. The number of likely N-dealkylation sites (tertiary alicyclic amines) is 1. The van der Waals surface area contributed by atoms with Crippen molar-refractivity contribution in [2.75, 3.05) is 19.6 Å². The van der Waals surface area contributed by atoms with E-state index < -0.39 is 0 Å². The second-order valence-corrected chi connectivity index (χ2v) is 5.91. The summed E-state index contributed by atoms with van der Waals surface area (Å²) in [6.07, 6.45) is 1.32. The SMILES string of the molecule is CCNCc1oc2ccccc2c1CN1CCC(C)C1. The van der Waals surface area contributed by atoms with E-state index in [0.717, 1.165) is 36.9 Å². The number of para-hydroxylation sites is 1. The molecular formula is C17H24N2O. The maximum absolute atomic E-state index is 6.05. The Labute approximate surface area is 120 Å². The largest absolute Gasteiger partial charge is 0.459 e. The van der Waals surface area contributed by atoms with Gasteiger partial charge >= 0.3 is 0 Å². The van der Waals surface area contributed by atoms with Gasteiger partial charge in [-0.1, -0.05) is 32.0 Å². The fourth-order valence-corrected chi connectivity index (χ4v) is 3.10. The van der Waals surface area contributed by atoms with Crippen LogP contribution in [-0.4, -0.2) is 24.5 Å². The van der Waals surface area contributed by atoms with Crippen LogP contribution in [0, 0.1) is 5.92 Å². The smallest absolute Gasteiger partial charge is 0.134 e. The number of hydrogen-bond acceptors (Lipinski definition) is 3. The van der Waals surface area contributed by atoms with E-state index in [1.807, 2.05) is 6.07 Å². The van der Waals surface area contributed by atoms with Gasteiger partial charge in [0.1, 0.15) is 11.3 Å². The van der Waals surface area contributed by atoms with Crippen molar-refractivity contribution in [3.05, 3.63) is 35.6 Å². The first-order chi connectivity index (χ1) is 9.78. The Morgan fingerprint density at radius 1 is 1.35 bits per heavy atom. The highest BCUT2D eigenvalue weighted by atomic mass is 16.3. The molecule has 0 bridgehead atoms. The summed E-state index contributed by atoms with van der Waals surface area (Å²) in [7, 11) is 0. The molecule has 0 aliphatic carbocycles. The van der Waals surface area contributed by atoms with E-state index in [1.54, 1.807) is 0 Å². The quantitative estimate of drug-likeness (QED) is 0.904. The summed E-state index contributed by atoms with van der Waals surface area (Å²) < 4.78 is 6.05. The first kappa shape index (κ1) is 13.7. The Hall–Kier alpha value is -1.32. The average molecular weight is 272 g/mol. The summed E-state index contributed by atoms with van der Waals surface area (Å²) in [5.74, 6) is 1.93. The van der Waals surface area contributed by atoms with Crippen LogP contribution < -0.4 is 5.32 Å². The number of benzene rings is 1. The fraction of sp³-hybridized carbons (Fsp3) is 0.529. The summed E-state index contributed by atoms with van der Waals surface area (Å²) in [5.41, 5.74) is 2.39. The number of nitrogens with zero attached hydrogens (tertiary/aromatic N) is 1.